The van der Waals surface area contributed by atoms with Crippen molar-refractivity contribution in [3.8, 4) is 0 Å². The van der Waals surface area contributed by atoms with Crippen LogP contribution in [-0.4, -0.2) is 12.5 Å². The summed E-state index contributed by atoms with van der Waals surface area (Å²) in [5.74, 6) is 0. The quantitative estimate of drug-likeness (QED) is 0.568. The van der Waals surface area contributed by atoms with Crippen LogP contribution in [0.4, 0.5) is 0 Å². The van der Waals surface area contributed by atoms with E-state index < -0.39 is 0 Å². The normalized spacial score (nSPS) is 10.7. The van der Waals surface area contributed by atoms with Gasteiger partial charge in [-0.15, -0.1) is 23.1 Å². The van der Waals surface area contributed by atoms with Gasteiger partial charge in [0.15, 0.2) is 6.29 Å². The average molecular weight is 222 g/mol. The van der Waals surface area contributed by atoms with Crippen molar-refractivity contribution in [1.29, 1.82) is 0 Å². The maximum atomic E-state index is 10.9. The third-order valence-corrected chi connectivity index (χ3v) is 4.05. The molecule has 1 nitrogen and oxygen atoms in total. The van der Waals surface area contributed by atoms with Gasteiger partial charge in [0.1, 0.15) is 0 Å². The van der Waals surface area contributed by atoms with Gasteiger partial charge >= 0.3 is 0 Å². The van der Waals surface area contributed by atoms with Gasteiger partial charge in [-0.25, -0.2) is 0 Å². The van der Waals surface area contributed by atoms with E-state index >= 15 is 0 Å². The summed E-state index contributed by atoms with van der Waals surface area (Å²) < 4.78 is 1.21. The molecule has 0 saturated heterocycles. The maximum Gasteiger partial charge on any atom is 0.151 e. The number of benzene rings is 1. The molecule has 14 heavy (non-hydrogen) atoms. The Morgan fingerprint density at radius 1 is 1.43 bits per heavy atom. The fraction of sp³-hybridized carbons (Fsp3) is 0.182. The Balaban J connectivity index is 2.74. The summed E-state index contributed by atoms with van der Waals surface area (Å²) in [6, 6.07) is 6.24. The number of carbonyl (C=O) groups excluding carboxylic acids is 1. The van der Waals surface area contributed by atoms with E-state index in [9.17, 15) is 4.79 Å². The molecule has 2 aromatic rings. The van der Waals surface area contributed by atoms with Crippen LogP contribution < -0.4 is 0 Å². The number of carbonyl (C=O) groups is 1. The molecule has 1 heterocycles. The predicted molar refractivity (Wildman–Crippen MR) is 63.7 cm³/mol. The highest BCUT2D eigenvalue weighted by molar-refractivity contribution is 7.98. The largest absolute Gasteiger partial charge is 0.298 e. The number of thiophene rings is 1. The molecule has 0 N–H and O–H groups in total. The second-order valence-electron chi connectivity index (χ2n) is 3.05. The topological polar surface area (TPSA) is 17.1 Å². The molecule has 0 spiro atoms. The Hall–Kier alpha value is -0.800. The average Bonchev–Trinajstić information content (AvgIpc) is 2.51. The standard InChI is InChI=1S/C11H10OS2/c1-7-10(6-12)9-4-3-8(13-2)5-11(9)14-7/h3-6H,1-2H3. The number of hydrogen-bond acceptors (Lipinski definition) is 3. The second-order valence-corrected chi connectivity index (χ2v) is 5.19. The van der Waals surface area contributed by atoms with Gasteiger partial charge in [0.2, 0.25) is 0 Å². The van der Waals surface area contributed by atoms with Crippen LogP contribution >= 0.6 is 23.1 Å². The summed E-state index contributed by atoms with van der Waals surface area (Å²) in [4.78, 5) is 13.2. The van der Waals surface area contributed by atoms with E-state index in [2.05, 4.69) is 18.4 Å². The lowest BCUT2D eigenvalue weighted by Crippen LogP contribution is -1.78. The van der Waals surface area contributed by atoms with Crippen molar-refractivity contribution >= 4 is 39.5 Å². The van der Waals surface area contributed by atoms with E-state index in [1.807, 2.05) is 13.0 Å². The number of aryl methyl sites for hydroxylation is 1. The lowest BCUT2D eigenvalue weighted by molar-refractivity contribution is 0.112. The molecular weight excluding hydrogens is 212 g/mol. The molecule has 3 heteroatoms. The highest BCUT2D eigenvalue weighted by atomic mass is 32.2. The molecule has 1 aromatic heterocycles. The first kappa shape index (κ1) is 9.74. The van der Waals surface area contributed by atoms with Crippen LogP contribution in [-0.2, 0) is 0 Å². The van der Waals surface area contributed by atoms with Gasteiger partial charge in [-0.3, -0.25) is 4.79 Å². The van der Waals surface area contributed by atoms with Crippen molar-refractivity contribution in [2.75, 3.05) is 6.26 Å². The minimum Gasteiger partial charge on any atom is -0.298 e. The van der Waals surface area contributed by atoms with Gasteiger partial charge < -0.3 is 0 Å². The number of fused-ring (bicyclic) bond motifs is 1. The van der Waals surface area contributed by atoms with Crippen LogP contribution in [0.3, 0.4) is 0 Å². The summed E-state index contributed by atoms with van der Waals surface area (Å²) in [5, 5.41) is 1.08. The molecule has 1 aromatic carbocycles. The number of aldehydes is 1. The van der Waals surface area contributed by atoms with Crippen molar-refractivity contribution in [1.82, 2.24) is 0 Å². The van der Waals surface area contributed by atoms with E-state index in [0.717, 1.165) is 22.1 Å². The molecule has 0 radical (unpaired) electrons. The first-order valence-electron chi connectivity index (χ1n) is 4.28. The van der Waals surface area contributed by atoms with E-state index in [1.54, 1.807) is 23.1 Å². The molecule has 0 amide bonds. The fourth-order valence-electron chi connectivity index (χ4n) is 1.49. The summed E-state index contributed by atoms with van der Waals surface area (Å²) >= 11 is 3.41. The summed E-state index contributed by atoms with van der Waals surface area (Å²) in [5.41, 5.74) is 0.845. The summed E-state index contributed by atoms with van der Waals surface area (Å²) in [6.07, 6.45) is 3.01. The van der Waals surface area contributed by atoms with Crippen molar-refractivity contribution < 1.29 is 4.79 Å². The van der Waals surface area contributed by atoms with Crippen molar-refractivity contribution in [3.05, 3.63) is 28.6 Å². The number of hydrogen-bond donors (Lipinski definition) is 0. The Bertz CT molecular complexity index is 485. The minimum atomic E-state index is 0.845. The van der Waals surface area contributed by atoms with Crippen LogP contribution in [0.2, 0.25) is 0 Å². The van der Waals surface area contributed by atoms with Gasteiger partial charge in [-0.1, -0.05) is 6.07 Å². The first-order chi connectivity index (χ1) is 6.76. The van der Waals surface area contributed by atoms with Gasteiger partial charge in [0.25, 0.3) is 0 Å². The zero-order valence-electron chi connectivity index (χ0n) is 8.03. The van der Waals surface area contributed by atoms with Crippen molar-refractivity contribution in [3.63, 3.8) is 0 Å². The Labute approximate surface area is 91.1 Å². The molecule has 0 aliphatic carbocycles. The van der Waals surface area contributed by atoms with Crippen molar-refractivity contribution in [2.45, 2.75) is 11.8 Å². The molecule has 0 fully saturated rings. The van der Waals surface area contributed by atoms with E-state index in [4.69, 9.17) is 0 Å². The zero-order valence-corrected chi connectivity index (χ0v) is 9.67. The summed E-state index contributed by atoms with van der Waals surface area (Å²) in [6.45, 7) is 1.99. The Kier molecular flexibility index (Phi) is 2.61. The fourth-order valence-corrected chi connectivity index (χ4v) is 3.08. The molecule has 0 bridgehead atoms. The molecule has 72 valence electrons. The molecule has 0 atom stereocenters. The zero-order chi connectivity index (χ0) is 10.1. The predicted octanol–water partition coefficient (Wildman–Crippen LogP) is 3.74. The first-order valence-corrected chi connectivity index (χ1v) is 6.32. The highest BCUT2D eigenvalue weighted by Crippen LogP contribution is 2.32. The molecule has 2 rings (SSSR count). The lowest BCUT2D eigenvalue weighted by atomic mass is 10.1. The monoisotopic (exact) mass is 222 g/mol. The van der Waals surface area contributed by atoms with Gasteiger partial charge in [-0.05, 0) is 25.3 Å². The van der Waals surface area contributed by atoms with Crippen LogP contribution in [0, 0.1) is 6.92 Å². The van der Waals surface area contributed by atoms with Gasteiger partial charge in [0.05, 0.1) is 0 Å². The third-order valence-electron chi connectivity index (χ3n) is 2.24. The minimum absolute atomic E-state index is 0.845. The number of rotatable bonds is 2. The maximum absolute atomic E-state index is 10.9. The highest BCUT2D eigenvalue weighted by Gasteiger charge is 2.07. The molecule has 0 aliphatic rings. The van der Waals surface area contributed by atoms with Crippen LogP contribution in [0.25, 0.3) is 10.1 Å². The molecule has 0 unspecified atom stereocenters. The van der Waals surface area contributed by atoms with Crippen LogP contribution in [0.1, 0.15) is 15.2 Å². The van der Waals surface area contributed by atoms with Crippen molar-refractivity contribution in [2.24, 2.45) is 0 Å². The smallest absolute Gasteiger partial charge is 0.151 e. The number of thioether (sulfide) groups is 1. The second kappa shape index (κ2) is 3.75. The van der Waals surface area contributed by atoms with E-state index in [1.165, 1.54) is 9.60 Å². The van der Waals surface area contributed by atoms with Crippen LogP contribution in [0.15, 0.2) is 23.1 Å². The van der Waals surface area contributed by atoms with E-state index in [-0.39, 0.29) is 0 Å². The molecular formula is C11H10OS2. The Morgan fingerprint density at radius 3 is 2.86 bits per heavy atom. The van der Waals surface area contributed by atoms with Gasteiger partial charge in [-0.2, -0.15) is 0 Å². The lowest BCUT2D eigenvalue weighted by Gasteiger charge is -1.95. The molecule has 0 saturated carbocycles. The van der Waals surface area contributed by atoms with Gasteiger partial charge in [0, 0.05) is 25.4 Å². The van der Waals surface area contributed by atoms with Crippen LogP contribution in [0.5, 0.6) is 0 Å². The SMILES string of the molecule is CSc1ccc2c(C=O)c(C)sc2c1. The van der Waals surface area contributed by atoms with E-state index in [0.29, 0.717) is 0 Å². The third kappa shape index (κ3) is 1.47. The Morgan fingerprint density at radius 2 is 2.21 bits per heavy atom. The molecule has 0 aliphatic heterocycles. The summed E-state index contributed by atoms with van der Waals surface area (Å²) in [7, 11) is 0.